The number of aryl methyl sites for hydroxylation is 1. The van der Waals surface area contributed by atoms with E-state index in [0.717, 1.165) is 48.5 Å². The summed E-state index contributed by atoms with van der Waals surface area (Å²) in [6, 6.07) is 14.1. The number of nitrogens with one attached hydrogen (secondary N) is 1. The molecule has 1 fully saturated rings. The van der Waals surface area contributed by atoms with E-state index in [1.165, 1.54) is 36.1 Å². The fourth-order valence-corrected chi connectivity index (χ4v) is 4.15. The average molecular weight is 412 g/mol. The second-order valence-electron chi connectivity index (χ2n) is 8.32. The van der Waals surface area contributed by atoms with Gasteiger partial charge in [0.2, 0.25) is 0 Å². The largest absolute Gasteiger partial charge is 1.00 e. The summed E-state index contributed by atoms with van der Waals surface area (Å²) >= 11 is 0. The molecule has 1 aliphatic heterocycles. The Labute approximate surface area is 202 Å². The minimum Gasteiger partial charge on any atom is -0.872 e. The molecule has 1 saturated carbocycles. The van der Waals surface area contributed by atoms with Crippen molar-refractivity contribution in [3.05, 3.63) is 77.5 Å². The first-order valence-corrected chi connectivity index (χ1v) is 10.7. The maximum Gasteiger partial charge on any atom is 1.00 e. The van der Waals surface area contributed by atoms with Crippen LogP contribution in [-0.2, 0) is 6.42 Å². The van der Waals surface area contributed by atoms with Gasteiger partial charge in [-0.1, -0.05) is 61.9 Å². The van der Waals surface area contributed by atoms with Gasteiger partial charge in [0, 0.05) is 5.70 Å². The molecule has 1 N–H and O–H groups in total. The molecule has 4 rings (SSSR count). The van der Waals surface area contributed by atoms with Crippen LogP contribution in [0.4, 0.5) is 0 Å². The van der Waals surface area contributed by atoms with E-state index in [1.807, 2.05) is 12.1 Å². The molecule has 0 spiro atoms. The summed E-state index contributed by atoms with van der Waals surface area (Å²) in [6.07, 6.45) is 10.1. The van der Waals surface area contributed by atoms with Gasteiger partial charge in [-0.05, 0) is 66.4 Å². The Morgan fingerprint density at radius 2 is 1.97 bits per heavy atom. The summed E-state index contributed by atoms with van der Waals surface area (Å²) in [5.41, 5.74) is 5.54. The van der Waals surface area contributed by atoms with Crippen molar-refractivity contribution in [2.75, 3.05) is 7.11 Å². The molecule has 2 aromatic rings. The van der Waals surface area contributed by atoms with Crippen molar-refractivity contribution in [3.8, 4) is 11.5 Å². The molecule has 0 amide bonds. The van der Waals surface area contributed by atoms with Crippen LogP contribution in [-0.4, -0.2) is 7.11 Å². The van der Waals surface area contributed by atoms with Gasteiger partial charge in [-0.25, -0.2) is 0 Å². The van der Waals surface area contributed by atoms with Gasteiger partial charge in [-0.15, -0.1) is 5.75 Å². The van der Waals surface area contributed by atoms with Crippen LogP contribution < -0.4 is 44.7 Å². The molecular formula is C26H30NNaO2. The summed E-state index contributed by atoms with van der Waals surface area (Å²) in [4.78, 5) is 0. The van der Waals surface area contributed by atoms with E-state index in [-0.39, 0.29) is 35.3 Å². The second kappa shape index (κ2) is 10.6. The first kappa shape index (κ1) is 23.0. The zero-order valence-electron chi connectivity index (χ0n) is 18.2. The van der Waals surface area contributed by atoms with Gasteiger partial charge >= 0.3 is 29.6 Å². The summed E-state index contributed by atoms with van der Waals surface area (Å²) in [6.45, 7) is 4.13. The monoisotopic (exact) mass is 411 g/mol. The third-order valence-electron chi connectivity index (χ3n) is 6.15. The fourth-order valence-electron chi connectivity index (χ4n) is 4.15. The van der Waals surface area contributed by atoms with Crippen LogP contribution in [0.25, 0.3) is 5.57 Å². The maximum absolute atomic E-state index is 12.0. The molecular weight excluding hydrogens is 381 g/mol. The Kier molecular flexibility index (Phi) is 8.10. The van der Waals surface area contributed by atoms with Crippen molar-refractivity contribution >= 4 is 5.57 Å². The number of ether oxygens (including phenoxy) is 1. The standard InChI is InChI=1S/C26H31NO2.Na/c1-18(23-5-3-4-6-25(23)28)7-13-22-14-15-24(27-22)20-12-16-26(29-2)21(17-20)11-10-19-8-9-19;/h3-6,12,14,16-17,19,24,27-28H,1,7-11,13,15H2,2H3;/q;+1/p-1. The predicted octanol–water partition coefficient (Wildman–Crippen LogP) is 2.53. The van der Waals surface area contributed by atoms with Crippen molar-refractivity contribution in [1.82, 2.24) is 5.32 Å². The van der Waals surface area contributed by atoms with Gasteiger partial charge in [0.15, 0.2) is 0 Å². The van der Waals surface area contributed by atoms with Crippen molar-refractivity contribution in [1.29, 1.82) is 0 Å². The first-order chi connectivity index (χ1) is 14.1. The van der Waals surface area contributed by atoms with Gasteiger partial charge in [0.25, 0.3) is 0 Å². The number of rotatable bonds is 9. The van der Waals surface area contributed by atoms with E-state index in [9.17, 15) is 5.11 Å². The predicted molar refractivity (Wildman–Crippen MR) is 117 cm³/mol. The van der Waals surface area contributed by atoms with Crippen molar-refractivity contribution < 1.29 is 39.4 Å². The van der Waals surface area contributed by atoms with Crippen molar-refractivity contribution in [2.24, 2.45) is 5.92 Å². The second-order valence-corrected chi connectivity index (χ2v) is 8.32. The van der Waals surface area contributed by atoms with Crippen molar-refractivity contribution in [3.63, 3.8) is 0 Å². The zero-order chi connectivity index (χ0) is 20.2. The van der Waals surface area contributed by atoms with E-state index < -0.39 is 0 Å². The van der Waals surface area contributed by atoms with E-state index in [2.05, 4.69) is 36.2 Å². The number of para-hydroxylation sites is 1. The van der Waals surface area contributed by atoms with E-state index in [0.29, 0.717) is 6.04 Å². The van der Waals surface area contributed by atoms with Gasteiger partial charge in [0.05, 0.1) is 13.2 Å². The molecule has 1 atom stereocenters. The minimum absolute atomic E-state index is 0. The maximum atomic E-state index is 12.0. The van der Waals surface area contributed by atoms with E-state index in [1.54, 1.807) is 19.2 Å². The molecule has 2 aromatic carbocycles. The molecule has 0 saturated heterocycles. The third kappa shape index (κ3) is 5.72. The summed E-state index contributed by atoms with van der Waals surface area (Å²) in [5.74, 6) is 1.99. The Bertz CT molecular complexity index is 917. The smallest absolute Gasteiger partial charge is 0.872 e. The molecule has 4 heteroatoms. The van der Waals surface area contributed by atoms with Crippen LogP contribution in [0.2, 0.25) is 0 Å². The molecule has 30 heavy (non-hydrogen) atoms. The Balaban J connectivity index is 0.00000256. The number of allylic oxidation sites excluding steroid dienone is 2. The van der Waals surface area contributed by atoms with Gasteiger partial charge in [-0.3, -0.25) is 0 Å². The number of methoxy groups -OCH3 is 1. The van der Waals surface area contributed by atoms with Gasteiger partial charge in [0.1, 0.15) is 5.75 Å². The van der Waals surface area contributed by atoms with Gasteiger partial charge in [-0.2, -0.15) is 0 Å². The summed E-state index contributed by atoms with van der Waals surface area (Å²) in [5, 5.41) is 15.6. The van der Waals surface area contributed by atoms with Gasteiger partial charge < -0.3 is 15.2 Å². The van der Waals surface area contributed by atoms with Crippen molar-refractivity contribution in [2.45, 2.75) is 51.0 Å². The SMILES string of the molecule is C=C(CCC1=CCC(c2ccc(OC)c(CCC3CC3)c2)N1)c1ccccc1[O-].[Na+]. The Morgan fingerprint density at radius 3 is 2.70 bits per heavy atom. The molecule has 152 valence electrons. The average Bonchev–Trinajstić information content (AvgIpc) is 3.45. The summed E-state index contributed by atoms with van der Waals surface area (Å²) < 4.78 is 5.58. The molecule has 2 aliphatic rings. The molecule has 1 aliphatic carbocycles. The van der Waals surface area contributed by atoms with E-state index in [4.69, 9.17) is 4.74 Å². The van der Waals surface area contributed by atoms with E-state index >= 15 is 0 Å². The van der Waals surface area contributed by atoms with Crippen LogP contribution in [0.5, 0.6) is 11.5 Å². The Hall–Kier alpha value is -1.68. The number of hydrogen-bond donors (Lipinski definition) is 1. The fraction of sp³-hybridized carbons (Fsp3) is 0.385. The minimum atomic E-state index is 0. The zero-order valence-corrected chi connectivity index (χ0v) is 20.2. The first-order valence-electron chi connectivity index (χ1n) is 10.7. The van der Waals surface area contributed by atoms with Crippen LogP contribution in [0.1, 0.15) is 61.3 Å². The normalized spacial score (nSPS) is 17.6. The molecule has 1 heterocycles. The molecule has 3 nitrogen and oxygen atoms in total. The Morgan fingerprint density at radius 1 is 1.17 bits per heavy atom. The molecule has 0 bridgehead atoms. The molecule has 0 radical (unpaired) electrons. The van der Waals surface area contributed by atoms with Crippen LogP contribution in [0.3, 0.4) is 0 Å². The molecule has 0 aromatic heterocycles. The third-order valence-corrected chi connectivity index (χ3v) is 6.15. The quantitative estimate of drug-likeness (QED) is 0.645. The van der Waals surface area contributed by atoms with Crippen LogP contribution >= 0.6 is 0 Å². The topological polar surface area (TPSA) is 44.3 Å². The van der Waals surface area contributed by atoms with Crippen LogP contribution in [0, 0.1) is 5.92 Å². The van der Waals surface area contributed by atoms with Crippen LogP contribution in [0.15, 0.2) is 60.8 Å². The summed E-state index contributed by atoms with van der Waals surface area (Å²) in [7, 11) is 1.76. The number of hydrogen-bond acceptors (Lipinski definition) is 3. The number of benzene rings is 2. The molecule has 1 unspecified atom stereocenters.